The van der Waals surface area contributed by atoms with E-state index in [4.69, 9.17) is 28.4 Å². The smallest absolute Gasteiger partial charge is 0.135 e. The summed E-state index contributed by atoms with van der Waals surface area (Å²) in [7, 11) is 0. The summed E-state index contributed by atoms with van der Waals surface area (Å²) in [6.45, 7) is 22.8. The van der Waals surface area contributed by atoms with Crippen molar-refractivity contribution in [1.29, 1.82) is 0 Å². The molecule has 4 aromatic rings. The maximum absolute atomic E-state index is 6.53. The number of benzene rings is 4. The van der Waals surface area contributed by atoms with Gasteiger partial charge in [-0.15, -0.1) is 0 Å². The number of rotatable bonds is 9. The molecule has 44 heavy (non-hydrogen) atoms. The van der Waals surface area contributed by atoms with E-state index >= 15 is 0 Å². The third-order valence-corrected chi connectivity index (χ3v) is 7.22. The molecule has 0 N–H and O–H groups in total. The lowest BCUT2D eigenvalue weighted by Gasteiger charge is -2.38. The van der Waals surface area contributed by atoms with E-state index in [0.717, 1.165) is 22.3 Å². The molecule has 0 radical (unpaired) electrons. The number of ether oxygens (including phenoxy) is 6. The van der Waals surface area contributed by atoms with Crippen LogP contribution in [0.15, 0.2) is 122 Å². The average Bonchev–Trinajstić information content (AvgIpc) is 2.93. The van der Waals surface area contributed by atoms with E-state index in [0.29, 0.717) is 69.0 Å². The quantitative estimate of drug-likeness (QED) is 0.182. The molecule has 6 rings (SSSR count). The summed E-state index contributed by atoms with van der Waals surface area (Å²) >= 11 is 0. The van der Waals surface area contributed by atoms with Crippen LogP contribution in [0.2, 0.25) is 0 Å². The predicted octanol–water partition coefficient (Wildman–Crippen LogP) is 10.5. The molecule has 2 aliphatic rings. The van der Waals surface area contributed by atoms with Crippen LogP contribution >= 0.6 is 0 Å². The molecule has 0 spiro atoms. The second-order valence-corrected chi connectivity index (χ2v) is 11.2. The van der Waals surface area contributed by atoms with Crippen LogP contribution in [-0.4, -0.2) is 0 Å². The fraction of sp³-hybridized carbons (Fsp3) is 0.158. The number of hydrogen-bond donors (Lipinski definition) is 0. The van der Waals surface area contributed by atoms with E-state index in [1.807, 2.05) is 76.2 Å². The summed E-state index contributed by atoms with van der Waals surface area (Å²) in [6, 6.07) is 23.6. The van der Waals surface area contributed by atoms with Crippen molar-refractivity contribution in [3.8, 4) is 46.0 Å². The Labute approximate surface area is 258 Å². The van der Waals surface area contributed by atoms with Crippen molar-refractivity contribution in [3.63, 3.8) is 0 Å². The van der Waals surface area contributed by atoms with Crippen molar-refractivity contribution in [3.05, 3.63) is 144 Å². The summed E-state index contributed by atoms with van der Waals surface area (Å²) in [5.74, 6) is 7.35. The van der Waals surface area contributed by atoms with E-state index < -0.39 is 0 Å². The molecular formula is C38H34O6. The van der Waals surface area contributed by atoms with Crippen molar-refractivity contribution in [2.24, 2.45) is 0 Å². The lowest BCUT2D eigenvalue weighted by Crippen LogP contribution is -2.22. The molecule has 0 aromatic heterocycles. The van der Waals surface area contributed by atoms with Crippen LogP contribution in [0.3, 0.4) is 0 Å². The third-order valence-electron chi connectivity index (χ3n) is 7.22. The molecule has 2 heterocycles. The van der Waals surface area contributed by atoms with Gasteiger partial charge in [0.25, 0.3) is 0 Å². The highest BCUT2D eigenvalue weighted by Crippen LogP contribution is 2.58. The summed E-state index contributed by atoms with van der Waals surface area (Å²) in [5.41, 5.74) is 4.03. The summed E-state index contributed by atoms with van der Waals surface area (Å²) in [5, 5.41) is 0. The SMILES string of the molecule is C=C(C)Oc1ccc2c(c1)Oc1cc(OC(=C)C)ccc1C2C1c2ccc(OC(=C)C)cc2Oc2cc(OC(=C)C)ccc21. The second-order valence-electron chi connectivity index (χ2n) is 11.2. The van der Waals surface area contributed by atoms with Crippen LogP contribution < -0.4 is 28.4 Å². The minimum atomic E-state index is -0.159. The number of allylic oxidation sites excluding steroid dienone is 4. The standard InChI is InChI=1S/C38H34O6/c1-21(2)39-25-9-13-29-33(17-25)43-34-18-26(40-22(3)4)10-14-30(34)37(29)38-31-15-11-27(41-23(5)6)19-35(31)44-36-20-28(42-24(7)8)12-16-32(36)38/h9-20,37-38H,1,3,5,7H2,2,4,6,8H3. The predicted molar refractivity (Wildman–Crippen MR) is 171 cm³/mol. The Bertz CT molecular complexity index is 1580. The van der Waals surface area contributed by atoms with Gasteiger partial charge in [0.15, 0.2) is 0 Å². The fourth-order valence-corrected chi connectivity index (χ4v) is 5.79. The normalized spacial score (nSPS) is 13.1. The van der Waals surface area contributed by atoms with Crippen molar-refractivity contribution < 1.29 is 28.4 Å². The minimum Gasteiger partial charge on any atom is -0.463 e. The molecule has 0 aliphatic carbocycles. The molecule has 0 bridgehead atoms. The van der Waals surface area contributed by atoms with Crippen molar-refractivity contribution >= 4 is 0 Å². The first kappa shape index (κ1) is 28.7. The molecule has 4 aromatic carbocycles. The van der Waals surface area contributed by atoms with Gasteiger partial charge in [-0.3, -0.25) is 0 Å². The van der Waals surface area contributed by atoms with Gasteiger partial charge in [-0.25, -0.2) is 0 Å². The zero-order valence-electron chi connectivity index (χ0n) is 25.4. The molecule has 0 saturated carbocycles. The monoisotopic (exact) mass is 586 g/mol. The van der Waals surface area contributed by atoms with Crippen LogP contribution in [0, 0.1) is 0 Å². The van der Waals surface area contributed by atoms with Gasteiger partial charge in [0.2, 0.25) is 0 Å². The molecule has 2 aliphatic heterocycles. The van der Waals surface area contributed by atoms with Gasteiger partial charge in [-0.2, -0.15) is 0 Å². The molecule has 6 nitrogen and oxygen atoms in total. The number of fused-ring (bicyclic) bond motifs is 4. The van der Waals surface area contributed by atoms with Gasteiger partial charge in [-0.05, 0) is 52.0 Å². The highest BCUT2D eigenvalue weighted by Gasteiger charge is 2.40. The molecule has 0 atom stereocenters. The van der Waals surface area contributed by atoms with E-state index in [1.54, 1.807) is 0 Å². The van der Waals surface area contributed by atoms with E-state index in [1.165, 1.54) is 0 Å². The lowest BCUT2D eigenvalue weighted by molar-refractivity contribution is 0.389. The zero-order valence-corrected chi connectivity index (χ0v) is 25.4. The Hall–Kier alpha value is -5.36. The van der Waals surface area contributed by atoms with Crippen molar-refractivity contribution in [2.45, 2.75) is 39.5 Å². The minimum absolute atomic E-state index is 0.159. The Kier molecular flexibility index (Phi) is 7.43. The van der Waals surface area contributed by atoms with Crippen LogP contribution in [0.1, 0.15) is 61.8 Å². The van der Waals surface area contributed by atoms with E-state index in [9.17, 15) is 0 Å². The first-order valence-corrected chi connectivity index (χ1v) is 14.3. The van der Waals surface area contributed by atoms with Gasteiger partial charge < -0.3 is 28.4 Å². The maximum Gasteiger partial charge on any atom is 0.135 e. The second kappa shape index (κ2) is 11.4. The molecular weight excluding hydrogens is 552 g/mol. The molecule has 0 amide bonds. The maximum atomic E-state index is 6.53. The Morgan fingerprint density at radius 2 is 0.659 bits per heavy atom. The fourth-order valence-electron chi connectivity index (χ4n) is 5.79. The topological polar surface area (TPSA) is 55.4 Å². The zero-order chi connectivity index (χ0) is 31.1. The van der Waals surface area contributed by atoms with Crippen LogP contribution in [0.25, 0.3) is 0 Å². The van der Waals surface area contributed by atoms with Gasteiger partial charge in [0, 0.05) is 58.4 Å². The highest BCUT2D eigenvalue weighted by molar-refractivity contribution is 5.65. The molecule has 0 fully saturated rings. The average molecular weight is 587 g/mol. The van der Waals surface area contributed by atoms with Gasteiger partial charge in [0.05, 0.1) is 23.0 Å². The largest absolute Gasteiger partial charge is 0.463 e. The highest BCUT2D eigenvalue weighted by atomic mass is 16.5. The molecule has 0 saturated heterocycles. The van der Waals surface area contributed by atoms with Gasteiger partial charge in [0.1, 0.15) is 46.0 Å². The Morgan fingerprint density at radius 1 is 0.432 bits per heavy atom. The van der Waals surface area contributed by atoms with Gasteiger partial charge in [-0.1, -0.05) is 50.6 Å². The Balaban J connectivity index is 1.57. The molecule has 6 heteroatoms. The van der Waals surface area contributed by atoms with Crippen molar-refractivity contribution in [2.75, 3.05) is 0 Å². The summed E-state index contributed by atoms with van der Waals surface area (Å²) in [6.07, 6.45) is 0. The van der Waals surface area contributed by atoms with Gasteiger partial charge >= 0.3 is 0 Å². The summed E-state index contributed by atoms with van der Waals surface area (Å²) < 4.78 is 36.5. The van der Waals surface area contributed by atoms with Crippen LogP contribution in [0.5, 0.6) is 46.0 Å². The third kappa shape index (κ3) is 5.66. The van der Waals surface area contributed by atoms with Crippen molar-refractivity contribution in [1.82, 2.24) is 0 Å². The first-order valence-electron chi connectivity index (χ1n) is 14.3. The van der Waals surface area contributed by atoms with E-state index in [-0.39, 0.29) is 11.8 Å². The number of hydrogen-bond acceptors (Lipinski definition) is 6. The Morgan fingerprint density at radius 3 is 0.864 bits per heavy atom. The van der Waals surface area contributed by atoms with E-state index in [2.05, 4.69) is 50.6 Å². The molecule has 0 unspecified atom stereocenters. The first-order chi connectivity index (χ1) is 21.0. The molecule has 222 valence electrons. The van der Waals surface area contributed by atoms with Crippen LogP contribution in [0.4, 0.5) is 0 Å². The summed E-state index contributed by atoms with van der Waals surface area (Å²) in [4.78, 5) is 0. The van der Waals surface area contributed by atoms with Crippen LogP contribution in [-0.2, 0) is 0 Å². The lowest BCUT2D eigenvalue weighted by atomic mass is 9.71.